The van der Waals surface area contributed by atoms with Crippen molar-refractivity contribution in [1.82, 2.24) is 23.9 Å². The molecule has 0 bridgehead atoms. The maximum Gasteiger partial charge on any atom is 0.139 e. The van der Waals surface area contributed by atoms with E-state index in [0.717, 1.165) is 45.1 Å². The highest BCUT2D eigenvalue weighted by Crippen LogP contribution is 2.41. The number of rotatable bonds is 7. The van der Waals surface area contributed by atoms with Crippen molar-refractivity contribution in [2.75, 3.05) is 0 Å². The van der Waals surface area contributed by atoms with E-state index in [1.165, 1.54) is 38.3 Å². The molecule has 0 N–H and O–H groups in total. The van der Waals surface area contributed by atoms with Gasteiger partial charge in [0, 0.05) is 58.3 Å². The Kier molecular flexibility index (Phi) is 7.06. The second-order valence-corrected chi connectivity index (χ2v) is 13.6. The van der Waals surface area contributed by atoms with Gasteiger partial charge in [-0.05, 0) is 65.4 Å². The molecule has 0 spiro atoms. The van der Waals surface area contributed by atoms with Gasteiger partial charge in [0.05, 0.1) is 33.4 Å². The van der Waals surface area contributed by atoms with Crippen LogP contribution < -0.4 is 4.74 Å². The minimum absolute atomic E-state index is 0.363. The molecule has 0 aliphatic heterocycles. The minimum Gasteiger partial charge on any atom is -0.457 e. The maximum atomic E-state index is 6.48. The Labute approximate surface area is 290 Å². The summed E-state index contributed by atoms with van der Waals surface area (Å²) in [6, 6.07) is 42.6. The summed E-state index contributed by atoms with van der Waals surface area (Å²) in [5.41, 5.74) is 9.35. The first-order valence-electron chi connectivity index (χ1n) is 17.3. The van der Waals surface area contributed by atoms with Crippen LogP contribution in [0.15, 0.2) is 140 Å². The van der Waals surface area contributed by atoms with Crippen molar-refractivity contribution in [3.05, 3.63) is 151 Å². The first kappa shape index (κ1) is 30.0. The number of benzene rings is 5. The van der Waals surface area contributed by atoms with E-state index < -0.39 is 0 Å². The Morgan fingerprint density at radius 1 is 0.520 bits per heavy atom. The van der Waals surface area contributed by atoms with Crippen molar-refractivity contribution in [3.63, 3.8) is 0 Å². The largest absolute Gasteiger partial charge is 0.457 e. The number of para-hydroxylation sites is 3. The molecule has 5 aromatic carbocycles. The Hall–Kier alpha value is -6.14. The van der Waals surface area contributed by atoms with E-state index in [4.69, 9.17) is 9.72 Å². The molecular formula is C44H37N5O. The third-order valence-corrected chi connectivity index (χ3v) is 9.80. The molecule has 244 valence electrons. The zero-order valence-corrected chi connectivity index (χ0v) is 28.6. The summed E-state index contributed by atoms with van der Waals surface area (Å²) in [4.78, 5) is 5.02. The van der Waals surface area contributed by atoms with Crippen LogP contribution in [0.3, 0.4) is 0 Å². The van der Waals surface area contributed by atoms with Gasteiger partial charge in [0.15, 0.2) is 0 Å². The lowest BCUT2D eigenvalue weighted by atomic mass is 9.98. The average molecular weight is 652 g/mol. The highest BCUT2D eigenvalue weighted by atomic mass is 16.5. The van der Waals surface area contributed by atoms with E-state index in [9.17, 15) is 0 Å². The molecule has 0 saturated heterocycles. The summed E-state index contributed by atoms with van der Waals surface area (Å²) < 4.78 is 13.1. The molecule has 4 aromatic heterocycles. The molecule has 4 heterocycles. The lowest BCUT2D eigenvalue weighted by Gasteiger charge is -2.17. The number of ether oxygens (including phenoxy) is 1. The predicted molar refractivity (Wildman–Crippen MR) is 205 cm³/mol. The fraction of sp³-hybridized carbons (Fsp3) is 0.136. The Morgan fingerprint density at radius 3 is 1.92 bits per heavy atom. The fourth-order valence-electron chi connectivity index (χ4n) is 7.54. The van der Waals surface area contributed by atoms with Gasteiger partial charge in [-0.3, -0.25) is 4.57 Å². The van der Waals surface area contributed by atoms with E-state index in [1.807, 2.05) is 53.5 Å². The van der Waals surface area contributed by atoms with Crippen LogP contribution in [0, 0.1) is 0 Å². The van der Waals surface area contributed by atoms with Gasteiger partial charge < -0.3 is 9.30 Å². The molecule has 50 heavy (non-hydrogen) atoms. The van der Waals surface area contributed by atoms with Gasteiger partial charge in [0.2, 0.25) is 0 Å². The fourth-order valence-corrected chi connectivity index (χ4v) is 7.54. The zero-order chi connectivity index (χ0) is 33.9. The summed E-state index contributed by atoms with van der Waals surface area (Å²) >= 11 is 0. The van der Waals surface area contributed by atoms with Crippen molar-refractivity contribution in [3.8, 4) is 28.7 Å². The second kappa shape index (κ2) is 11.8. The standard InChI is InChI=1S/C44H37N5O/c1-28(2)34-14-8-16-38-39-17-9-15-35(29(3)4)44(39)48(43(34)38)31-21-23-45-42(26-31)49-40-18-6-5-13-36(40)37-20-19-33(27-41(37)49)50-32-12-7-11-30(25-32)47-24-10-22-46-47/h5-29H,1-4H3. The van der Waals surface area contributed by atoms with Gasteiger partial charge in [-0.1, -0.05) is 88.4 Å². The number of aromatic nitrogens is 5. The van der Waals surface area contributed by atoms with Crippen LogP contribution in [-0.4, -0.2) is 23.9 Å². The molecule has 9 aromatic rings. The van der Waals surface area contributed by atoms with E-state index in [1.54, 1.807) is 6.20 Å². The highest BCUT2D eigenvalue weighted by molar-refractivity contribution is 6.12. The van der Waals surface area contributed by atoms with Gasteiger partial charge in [0.1, 0.15) is 17.3 Å². The van der Waals surface area contributed by atoms with Crippen molar-refractivity contribution in [2.45, 2.75) is 39.5 Å². The number of hydrogen-bond acceptors (Lipinski definition) is 3. The lowest BCUT2D eigenvalue weighted by molar-refractivity contribution is 0.483. The van der Waals surface area contributed by atoms with Crippen molar-refractivity contribution >= 4 is 43.6 Å². The first-order chi connectivity index (χ1) is 24.5. The van der Waals surface area contributed by atoms with E-state index >= 15 is 0 Å². The third kappa shape index (κ3) is 4.78. The van der Waals surface area contributed by atoms with Gasteiger partial charge >= 0.3 is 0 Å². The second-order valence-electron chi connectivity index (χ2n) is 13.6. The van der Waals surface area contributed by atoms with E-state index in [2.05, 4.69) is 127 Å². The summed E-state index contributed by atoms with van der Waals surface area (Å²) in [5.74, 6) is 3.07. The molecule has 0 amide bonds. The molecule has 9 rings (SSSR count). The number of hydrogen-bond donors (Lipinski definition) is 0. The summed E-state index contributed by atoms with van der Waals surface area (Å²) in [6.45, 7) is 9.13. The molecule has 0 aliphatic rings. The average Bonchev–Trinajstić information content (AvgIpc) is 3.87. The minimum atomic E-state index is 0.363. The highest BCUT2D eigenvalue weighted by Gasteiger charge is 2.21. The maximum absolute atomic E-state index is 6.48. The smallest absolute Gasteiger partial charge is 0.139 e. The van der Waals surface area contributed by atoms with Crippen molar-refractivity contribution in [2.24, 2.45) is 0 Å². The summed E-state index contributed by atoms with van der Waals surface area (Å²) in [6.07, 6.45) is 5.65. The molecule has 6 heteroatoms. The van der Waals surface area contributed by atoms with Crippen LogP contribution in [0.25, 0.3) is 60.8 Å². The molecule has 0 aliphatic carbocycles. The topological polar surface area (TPSA) is 49.8 Å². The van der Waals surface area contributed by atoms with Crippen LogP contribution in [-0.2, 0) is 0 Å². The Morgan fingerprint density at radius 2 is 1.20 bits per heavy atom. The molecule has 0 atom stereocenters. The predicted octanol–water partition coefficient (Wildman–Crippen LogP) is 11.5. The van der Waals surface area contributed by atoms with Crippen LogP contribution >= 0.6 is 0 Å². The van der Waals surface area contributed by atoms with Crippen molar-refractivity contribution < 1.29 is 4.74 Å². The van der Waals surface area contributed by atoms with Crippen LogP contribution in [0.4, 0.5) is 0 Å². The zero-order valence-electron chi connectivity index (χ0n) is 28.6. The van der Waals surface area contributed by atoms with Crippen molar-refractivity contribution in [1.29, 1.82) is 0 Å². The van der Waals surface area contributed by atoms with Gasteiger partial charge in [-0.2, -0.15) is 5.10 Å². The summed E-state index contributed by atoms with van der Waals surface area (Å²) in [5, 5.41) is 9.25. The van der Waals surface area contributed by atoms with Crippen LogP contribution in [0.2, 0.25) is 0 Å². The molecule has 0 saturated carbocycles. The van der Waals surface area contributed by atoms with Crippen LogP contribution in [0.5, 0.6) is 11.5 Å². The lowest BCUT2D eigenvalue weighted by Crippen LogP contribution is -2.04. The van der Waals surface area contributed by atoms with Gasteiger partial charge in [-0.15, -0.1) is 0 Å². The Bertz CT molecular complexity index is 2630. The van der Waals surface area contributed by atoms with Gasteiger partial charge in [0.25, 0.3) is 0 Å². The van der Waals surface area contributed by atoms with Gasteiger partial charge in [-0.25, -0.2) is 9.67 Å². The molecule has 0 radical (unpaired) electrons. The van der Waals surface area contributed by atoms with E-state index in [0.29, 0.717) is 11.8 Å². The molecular weight excluding hydrogens is 615 g/mol. The number of fused-ring (bicyclic) bond motifs is 6. The normalized spacial score (nSPS) is 12.0. The molecule has 0 unspecified atom stereocenters. The first-order valence-corrected chi connectivity index (χ1v) is 17.3. The Balaban J connectivity index is 1.25. The quantitative estimate of drug-likeness (QED) is 0.172. The van der Waals surface area contributed by atoms with Crippen LogP contribution in [0.1, 0.15) is 50.7 Å². The van der Waals surface area contributed by atoms with E-state index in [-0.39, 0.29) is 0 Å². The summed E-state index contributed by atoms with van der Waals surface area (Å²) in [7, 11) is 0. The number of nitrogens with zero attached hydrogens (tertiary/aromatic N) is 5. The molecule has 0 fully saturated rings. The molecule has 6 nitrogen and oxygen atoms in total. The third-order valence-electron chi connectivity index (χ3n) is 9.80. The monoisotopic (exact) mass is 651 g/mol. The SMILES string of the molecule is CC(C)c1cccc2c3cccc(C(C)C)c3n(-c3ccnc(-n4c5ccccc5c5ccc(Oc6cccc(-n7cccn7)c6)cc54)c3)c12. The number of pyridine rings is 1.